The molecule has 0 saturated carbocycles. The fourth-order valence-corrected chi connectivity index (χ4v) is 2.74. The zero-order valence-corrected chi connectivity index (χ0v) is 13.5. The molecule has 5 N–H and O–H groups in total. The van der Waals surface area contributed by atoms with Gasteiger partial charge in [-0.3, -0.25) is 9.36 Å². The fraction of sp³-hybridized carbons (Fsp3) is 0.111. The first kappa shape index (κ1) is 16.4. The lowest BCUT2D eigenvalue weighted by Gasteiger charge is -2.15. The fourth-order valence-electron chi connectivity index (χ4n) is 2.74. The summed E-state index contributed by atoms with van der Waals surface area (Å²) in [6.45, 7) is 2.31. The first-order valence-electron chi connectivity index (χ1n) is 7.64. The highest BCUT2D eigenvalue weighted by Crippen LogP contribution is 2.28. The van der Waals surface area contributed by atoms with Crippen LogP contribution in [0.3, 0.4) is 0 Å². The van der Waals surface area contributed by atoms with Crippen molar-refractivity contribution in [3.05, 3.63) is 58.4 Å². The van der Waals surface area contributed by atoms with Crippen molar-refractivity contribution in [2.24, 2.45) is 0 Å². The van der Waals surface area contributed by atoms with Crippen LogP contribution in [-0.2, 0) is 0 Å². The van der Waals surface area contributed by atoms with Gasteiger partial charge in [0.25, 0.3) is 5.56 Å². The third-order valence-corrected chi connectivity index (χ3v) is 3.86. The minimum atomic E-state index is -1.37. The Labute approximate surface area is 143 Å². The molecule has 7 heteroatoms. The number of aromatic nitrogens is 1. The number of anilines is 2. The van der Waals surface area contributed by atoms with E-state index in [1.807, 2.05) is 6.92 Å². The molecule has 1 aromatic heterocycles. The van der Waals surface area contributed by atoms with Crippen molar-refractivity contribution in [1.29, 1.82) is 0 Å². The van der Waals surface area contributed by atoms with Gasteiger partial charge in [-0.1, -0.05) is 0 Å². The molecule has 25 heavy (non-hydrogen) atoms. The van der Waals surface area contributed by atoms with Crippen molar-refractivity contribution in [1.82, 2.24) is 4.57 Å². The molecular formula is C18H17N3O4. The maximum Gasteiger partial charge on any atom is 0.343 e. The van der Waals surface area contributed by atoms with Crippen LogP contribution < -0.4 is 21.8 Å². The number of carboxylic acid groups (broad SMARTS) is 1. The van der Waals surface area contributed by atoms with E-state index in [9.17, 15) is 14.7 Å². The SMILES string of the molecule is CCOc1ccc2c(N)c(C(=O)O)c(=O)n(-c3ccc(N)cc3)c2c1. The van der Waals surface area contributed by atoms with Crippen LogP contribution in [0, 0.1) is 0 Å². The summed E-state index contributed by atoms with van der Waals surface area (Å²) < 4.78 is 6.79. The van der Waals surface area contributed by atoms with Gasteiger partial charge in [0, 0.05) is 22.8 Å². The first-order valence-corrected chi connectivity index (χ1v) is 7.64. The molecule has 7 nitrogen and oxygen atoms in total. The van der Waals surface area contributed by atoms with E-state index >= 15 is 0 Å². The summed E-state index contributed by atoms with van der Waals surface area (Å²) in [7, 11) is 0. The number of aromatic carboxylic acids is 1. The quantitative estimate of drug-likeness (QED) is 0.627. The summed E-state index contributed by atoms with van der Waals surface area (Å²) in [4.78, 5) is 24.4. The molecule has 3 aromatic rings. The summed E-state index contributed by atoms with van der Waals surface area (Å²) >= 11 is 0. The van der Waals surface area contributed by atoms with Crippen molar-refractivity contribution in [3.63, 3.8) is 0 Å². The van der Waals surface area contributed by atoms with Gasteiger partial charge in [-0.25, -0.2) is 4.79 Å². The van der Waals surface area contributed by atoms with Crippen LogP contribution in [0.4, 0.5) is 11.4 Å². The van der Waals surface area contributed by atoms with E-state index in [1.54, 1.807) is 42.5 Å². The van der Waals surface area contributed by atoms with Crippen LogP contribution in [0.1, 0.15) is 17.3 Å². The van der Waals surface area contributed by atoms with Crippen molar-refractivity contribution >= 4 is 28.2 Å². The van der Waals surface area contributed by atoms with Gasteiger partial charge in [-0.15, -0.1) is 0 Å². The van der Waals surface area contributed by atoms with Gasteiger partial charge in [-0.2, -0.15) is 0 Å². The predicted octanol–water partition coefficient (Wildman–Crippen LogP) is 2.25. The molecule has 0 saturated heterocycles. The van der Waals surface area contributed by atoms with E-state index in [4.69, 9.17) is 16.2 Å². The zero-order valence-electron chi connectivity index (χ0n) is 13.5. The Morgan fingerprint density at radius 1 is 1.16 bits per heavy atom. The van der Waals surface area contributed by atoms with Crippen LogP contribution >= 0.6 is 0 Å². The Morgan fingerprint density at radius 2 is 1.84 bits per heavy atom. The Morgan fingerprint density at radius 3 is 2.44 bits per heavy atom. The largest absolute Gasteiger partial charge is 0.494 e. The molecule has 0 spiro atoms. The van der Waals surface area contributed by atoms with Gasteiger partial charge in [0.2, 0.25) is 0 Å². The van der Waals surface area contributed by atoms with Gasteiger partial charge in [-0.05, 0) is 43.3 Å². The highest BCUT2D eigenvalue weighted by molar-refractivity contribution is 6.04. The van der Waals surface area contributed by atoms with Crippen molar-refractivity contribution in [3.8, 4) is 11.4 Å². The highest BCUT2D eigenvalue weighted by atomic mass is 16.5. The minimum Gasteiger partial charge on any atom is -0.494 e. The summed E-state index contributed by atoms with van der Waals surface area (Å²) in [6, 6.07) is 11.6. The second-order valence-electron chi connectivity index (χ2n) is 5.44. The normalized spacial score (nSPS) is 10.8. The second kappa shape index (κ2) is 6.20. The molecule has 0 aliphatic carbocycles. The topological polar surface area (TPSA) is 121 Å². The Kier molecular flexibility index (Phi) is 4.06. The van der Waals surface area contributed by atoms with Crippen molar-refractivity contribution in [2.75, 3.05) is 18.1 Å². The molecule has 2 aromatic carbocycles. The molecule has 0 radical (unpaired) electrons. The summed E-state index contributed by atoms with van der Waals surface area (Å²) in [6.07, 6.45) is 0. The monoisotopic (exact) mass is 339 g/mol. The van der Waals surface area contributed by atoms with E-state index in [1.165, 1.54) is 4.57 Å². The van der Waals surface area contributed by atoms with E-state index in [0.29, 0.717) is 34.6 Å². The molecule has 0 bridgehead atoms. The average Bonchev–Trinajstić information content (AvgIpc) is 2.56. The van der Waals surface area contributed by atoms with Gasteiger partial charge in [0.05, 0.1) is 17.8 Å². The van der Waals surface area contributed by atoms with E-state index in [2.05, 4.69) is 0 Å². The minimum absolute atomic E-state index is 0.0674. The molecule has 0 fully saturated rings. The Balaban J connectivity index is 2.46. The Hall–Kier alpha value is -3.48. The van der Waals surface area contributed by atoms with Crippen LogP contribution in [0.2, 0.25) is 0 Å². The number of ether oxygens (including phenoxy) is 1. The second-order valence-corrected chi connectivity index (χ2v) is 5.44. The van der Waals surface area contributed by atoms with Gasteiger partial charge >= 0.3 is 5.97 Å². The molecule has 0 unspecified atom stereocenters. The number of rotatable bonds is 4. The van der Waals surface area contributed by atoms with Crippen LogP contribution in [0.25, 0.3) is 16.6 Å². The smallest absolute Gasteiger partial charge is 0.343 e. The Bertz CT molecular complexity index is 1020. The molecule has 3 rings (SSSR count). The number of carbonyl (C=O) groups is 1. The van der Waals surface area contributed by atoms with Crippen molar-refractivity contribution in [2.45, 2.75) is 6.92 Å². The molecule has 128 valence electrons. The van der Waals surface area contributed by atoms with E-state index in [0.717, 1.165) is 0 Å². The lowest BCUT2D eigenvalue weighted by molar-refractivity contribution is 0.0696. The number of nitrogens with zero attached hydrogens (tertiary/aromatic N) is 1. The van der Waals surface area contributed by atoms with E-state index < -0.39 is 17.1 Å². The third-order valence-electron chi connectivity index (χ3n) is 3.86. The number of pyridine rings is 1. The maximum absolute atomic E-state index is 12.8. The standard InChI is InChI=1S/C18H17N3O4/c1-2-25-12-7-8-13-14(9-12)21(11-5-3-10(19)4-6-11)17(22)15(16(13)20)18(23)24/h3-9H,2,19-20H2,1H3,(H,23,24). The molecule has 0 amide bonds. The van der Waals surface area contributed by atoms with Gasteiger partial charge in [0.15, 0.2) is 0 Å². The zero-order chi connectivity index (χ0) is 18.1. The first-order chi connectivity index (χ1) is 11.9. The number of fused-ring (bicyclic) bond motifs is 1. The van der Waals surface area contributed by atoms with Crippen LogP contribution in [0.15, 0.2) is 47.3 Å². The van der Waals surface area contributed by atoms with Crippen molar-refractivity contribution < 1.29 is 14.6 Å². The lowest BCUT2D eigenvalue weighted by Crippen LogP contribution is -2.27. The summed E-state index contributed by atoms with van der Waals surface area (Å²) in [5.41, 5.74) is 11.9. The number of nitrogens with two attached hydrogens (primary N) is 2. The maximum atomic E-state index is 12.8. The molecular weight excluding hydrogens is 322 g/mol. The molecule has 1 heterocycles. The van der Waals surface area contributed by atoms with Crippen LogP contribution in [-0.4, -0.2) is 22.2 Å². The number of hydrogen-bond acceptors (Lipinski definition) is 5. The summed E-state index contributed by atoms with van der Waals surface area (Å²) in [5.74, 6) is -0.816. The number of hydrogen-bond donors (Lipinski definition) is 3. The number of benzene rings is 2. The van der Waals surface area contributed by atoms with Gasteiger partial charge in [0.1, 0.15) is 11.3 Å². The third kappa shape index (κ3) is 2.76. The molecule has 0 atom stereocenters. The van der Waals surface area contributed by atoms with E-state index in [-0.39, 0.29) is 5.69 Å². The lowest BCUT2D eigenvalue weighted by atomic mass is 10.1. The number of carboxylic acids is 1. The number of nitrogen functional groups attached to an aromatic ring is 2. The highest BCUT2D eigenvalue weighted by Gasteiger charge is 2.21. The van der Waals surface area contributed by atoms with Crippen LogP contribution in [0.5, 0.6) is 5.75 Å². The predicted molar refractivity (Wildman–Crippen MR) is 96.5 cm³/mol. The summed E-state index contributed by atoms with van der Waals surface area (Å²) in [5, 5.41) is 9.88. The van der Waals surface area contributed by atoms with Gasteiger partial charge < -0.3 is 21.3 Å². The molecule has 0 aliphatic rings. The molecule has 0 aliphatic heterocycles. The average molecular weight is 339 g/mol.